The van der Waals surface area contributed by atoms with Crippen molar-refractivity contribution in [2.24, 2.45) is 0 Å². The molecule has 1 heterocycles. The van der Waals surface area contributed by atoms with Gasteiger partial charge in [-0.1, -0.05) is 24.6 Å². The van der Waals surface area contributed by atoms with Crippen molar-refractivity contribution in [1.29, 1.82) is 0 Å². The van der Waals surface area contributed by atoms with E-state index in [-0.39, 0.29) is 16.1 Å². The van der Waals surface area contributed by atoms with Crippen LogP contribution in [0.15, 0.2) is 23.0 Å². The van der Waals surface area contributed by atoms with E-state index in [1.807, 2.05) is 18.9 Å². The number of hydrogen-bond donors (Lipinski definition) is 1. The molecule has 1 aromatic carbocycles. The molecule has 1 N–H and O–H groups in total. The van der Waals surface area contributed by atoms with Gasteiger partial charge in [-0.05, 0) is 25.5 Å². The maximum absolute atomic E-state index is 14.3. The first-order valence-corrected chi connectivity index (χ1v) is 8.07. The van der Waals surface area contributed by atoms with Crippen molar-refractivity contribution in [3.63, 3.8) is 0 Å². The Bertz CT molecular complexity index is 759. The monoisotopic (exact) mass is 353 g/mol. The molecule has 0 aliphatic rings. The van der Waals surface area contributed by atoms with Gasteiger partial charge in [0.2, 0.25) is 5.95 Å². The summed E-state index contributed by atoms with van der Waals surface area (Å²) in [7, 11) is 3.27. The molecule has 0 aliphatic heterocycles. The van der Waals surface area contributed by atoms with Gasteiger partial charge < -0.3 is 9.64 Å². The Balaban J connectivity index is 2.62. The molecule has 0 bridgehead atoms. The number of aromatic nitrogens is 2. The van der Waals surface area contributed by atoms with Gasteiger partial charge in [0.15, 0.2) is 0 Å². The number of rotatable bonds is 6. The van der Waals surface area contributed by atoms with Crippen LogP contribution in [0.3, 0.4) is 0 Å². The Kier molecular flexibility index (Phi) is 5.96. The number of aromatic amines is 1. The zero-order valence-corrected chi connectivity index (χ0v) is 14.9. The molecule has 24 heavy (non-hydrogen) atoms. The highest BCUT2D eigenvalue weighted by atomic mass is 35.5. The fraction of sp³-hybridized carbons (Fsp3) is 0.412. The van der Waals surface area contributed by atoms with Crippen LogP contribution in [0.25, 0.3) is 0 Å². The zero-order chi connectivity index (χ0) is 17.9. The zero-order valence-electron chi connectivity index (χ0n) is 14.2. The summed E-state index contributed by atoms with van der Waals surface area (Å²) in [6.45, 7) is 4.38. The number of nitrogens with one attached hydrogen (secondary N) is 1. The number of ether oxygens (including phenoxy) is 1. The van der Waals surface area contributed by atoms with E-state index in [9.17, 15) is 9.18 Å². The first kappa shape index (κ1) is 18.4. The van der Waals surface area contributed by atoms with Crippen LogP contribution >= 0.6 is 11.6 Å². The second kappa shape index (κ2) is 7.77. The molecule has 0 fully saturated rings. The summed E-state index contributed by atoms with van der Waals surface area (Å²) in [6.07, 6.45) is 0.0331. The summed E-state index contributed by atoms with van der Waals surface area (Å²) in [5, 5.41) is 0.229. The predicted octanol–water partition coefficient (Wildman–Crippen LogP) is 3.45. The summed E-state index contributed by atoms with van der Waals surface area (Å²) < 4.78 is 19.8. The van der Waals surface area contributed by atoms with Crippen LogP contribution < -0.4 is 10.5 Å². The molecule has 0 spiro atoms. The molecular weight excluding hydrogens is 333 g/mol. The molecule has 1 atom stereocenters. The number of hydrogen-bond acceptors (Lipinski definition) is 4. The van der Waals surface area contributed by atoms with Gasteiger partial charge in [-0.3, -0.25) is 9.78 Å². The molecule has 1 unspecified atom stereocenters. The van der Waals surface area contributed by atoms with E-state index in [1.54, 1.807) is 13.0 Å². The maximum atomic E-state index is 14.3. The third kappa shape index (κ3) is 3.60. The molecule has 0 amide bonds. The topological polar surface area (TPSA) is 58.2 Å². The van der Waals surface area contributed by atoms with Gasteiger partial charge in [0.05, 0.1) is 5.69 Å². The first-order chi connectivity index (χ1) is 11.4. The summed E-state index contributed by atoms with van der Waals surface area (Å²) in [5.41, 5.74) is 0.612. The molecule has 0 saturated carbocycles. The molecular formula is C17H21ClFN3O2. The minimum absolute atomic E-state index is 0.173. The van der Waals surface area contributed by atoms with Gasteiger partial charge >= 0.3 is 0 Å². The molecule has 0 radical (unpaired) electrons. The van der Waals surface area contributed by atoms with Crippen molar-refractivity contribution in [3.05, 3.63) is 56.2 Å². The van der Waals surface area contributed by atoms with Gasteiger partial charge in [-0.2, -0.15) is 0 Å². The lowest BCUT2D eigenvalue weighted by molar-refractivity contribution is 0.129. The van der Waals surface area contributed by atoms with Crippen LogP contribution in [0, 0.1) is 12.7 Å². The smallest absolute Gasteiger partial charge is 0.255 e. The summed E-state index contributed by atoms with van der Waals surface area (Å²) >= 11 is 6.15. The summed E-state index contributed by atoms with van der Waals surface area (Å²) in [5.74, 6) is -0.0868. The number of halogens is 2. The van der Waals surface area contributed by atoms with E-state index in [2.05, 4.69) is 9.97 Å². The number of H-pyrrole nitrogens is 1. The van der Waals surface area contributed by atoms with Crippen molar-refractivity contribution in [2.75, 3.05) is 25.6 Å². The number of nitrogens with zero attached hydrogens (tertiary/aromatic N) is 2. The molecule has 7 heteroatoms. The van der Waals surface area contributed by atoms with Crippen molar-refractivity contribution < 1.29 is 9.13 Å². The Hall–Kier alpha value is -1.92. The average molecular weight is 354 g/mol. The van der Waals surface area contributed by atoms with Crippen molar-refractivity contribution >= 4 is 17.5 Å². The summed E-state index contributed by atoms with van der Waals surface area (Å²) in [4.78, 5) is 21.4. The highest BCUT2D eigenvalue weighted by Crippen LogP contribution is 2.33. The molecule has 2 aromatic rings. The van der Waals surface area contributed by atoms with Gasteiger partial charge in [0.25, 0.3) is 5.56 Å². The number of methoxy groups -OCH3 is 1. The third-order valence-electron chi connectivity index (χ3n) is 3.84. The minimum atomic E-state index is -0.866. The molecule has 0 aliphatic carbocycles. The van der Waals surface area contributed by atoms with Crippen LogP contribution in [-0.2, 0) is 4.74 Å². The third-order valence-corrected chi connectivity index (χ3v) is 4.17. The van der Waals surface area contributed by atoms with Gasteiger partial charge in [-0.15, -0.1) is 0 Å². The standard InChI is InChI=1S/C17H21ClFN3O2/c1-5-9-22(3)17-20-14(10(2)16(23)21-17)15(24-4)13-11(18)7-6-8-12(13)19/h6-8,15H,5,9H2,1-4H3,(H,20,21,23). The van der Waals surface area contributed by atoms with Crippen LogP contribution in [0.5, 0.6) is 0 Å². The highest BCUT2D eigenvalue weighted by molar-refractivity contribution is 6.31. The van der Waals surface area contributed by atoms with Crippen LogP contribution in [-0.4, -0.2) is 30.7 Å². The Morgan fingerprint density at radius 2 is 2.17 bits per heavy atom. The van der Waals surface area contributed by atoms with Gasteiger partial charge in [0, 0.05) is 36.9 Å². The molecule has 1 aromatic heterocycles. The molecule has 0 saturated heterocycles. The van der Waals surface area contributed by atoms with E-state index in [4.69, 9.17) is 16.3 Å². The van der Waals surface area contributed by atoms with E-state index in [0.29, 0.717) is 17.2 Å². The largest absolute Gasteiger partial charge is 0.370 e. The maximum Gasteiger partial charge on any atom is 0.255 e. The van der Waals surface area contributed by atoms with Crippen molar-refractivity contribution in [2.45, 2.75) is 26.4 Å². The fourth-order valence-electron chi connectivity index (χ4n) is 2.54. The average Bonchev–Trinajstić information content (AvgIpc) is 2.54. The van der Waals surface area contributed by atoms with E-state index in [0.717, 1.165) is 13.0 Å². The van der Waals surface area contributed by atoms with Gasteiger partial charge in [-0.25, -0.2) is 9.37 Å². The van der Waals surface area contributed by atoms with Crippen molar-refractivity contribution in [1.82, 2.24) is 9.97 Å². The molecule has 2 rings (SSSR count). The SMILES string of the molecule is CCCN(C)c1nc(C(OC)c2c(F)cccc2Cl)c(C)c(=O)[nH]1. The molecule has 130 valence electrons. The predicted molar refractivity (Wildman–Crippen MR) is 93.4 cm³/mol. The van der Waals surface area contributed by atoms with E-state index < -0.39 is 11.9 Å². The van der Waals surface area contributed by atoms with Crippen LogP contribution in [0.4, 0.5) is 10.3 Å². The number of anilines is 1. The fourth-order valence-corrected chi connectivity index (χ4v) is 2.80. The lowest BCUT2D eigenvalue weighted by Gasteiger charge is -2.22. The lowest BCUT2D eigenvalue weighted by Crippen LogP contribution is -2.27. The Labute approximate surface area is 145 Å². The lowest BCUT2D eigenvalue weighted by atomic mass is 10.0. The van der Waals surface area contributed by atoms with Crippen LogP contribution in [0.1, 0.15) is 36.3 Å². The second-order valence-electron chi connectivity index (χ2n) is 5.57. The summed E-state index contributed by atoms with van der Waals surface area (Å²) in [6, 6.07) is 4.41. The van der Waals surface area contributed by atoms with E-state index in [1.165, 1.54) is 19.2 Å². The normalized spacial score (nSPS) is 12.2. The second-order valence-corrected chi connectivity index (χ2v) is 5.98. The van der Waals surface area contributed by atoms with Crippen molar-refractivity contribution in [3.8, 4) is 0 Å². The Morgan fingerprint density at radius 1 is 1.46 bits per heavy atom. The highest BCUT2D eigenvalue weighted by Gasteiger charge is 2.25. The Morgan fingerprint density at radius 3 is 2.75 bits per heavy atom. The van der Waals surface area contributed by atoms with Crippen LogP contribution in [0.2, 0.25) is 5.02 Å². The number of benzene rings is 1. The molecule has 5 nitrogen and oxygen atoms in total. The van der Waals surface area contributed by atoms with E-state index >= 15 is 0 Å². The first-order valence-electron chi connectivity index (χ1n) is 7.69. The minimum Gasteiger partial charge on any atom is -0.370 e. The van der Waals surface area contributed by atoms with Gasteiger partial charge in [0.1, 0.15) is 11.9 Å². The quantitative estimate of drug-likeness (QED) is 0.864.